The molecule has 0 atom stereocenters. The van der Waals surface area contributed by atoms with Gasteiger partial charge in [-0.25, -0.2) is 4.39 Å². The highest BCUT2D eigenvalue weighted by Crippen LogP contribution is 2.33. The van der Waals surface area contributed by atoms with E-state index in [0.717, 1.165) is 0 Å². The third kappa shape index (κ3) is 2.82. The highest BCUT2D eigenvalue weighted by Gasteiger charge is 2.44. The Bertz CT molecular complexity index is 569. The molecule has 1 amide bonds. The Balaban J connectivity index is 2.29. The predicted molar refractivity (Wildman–Crippen MR) is 75.7 cm³/mol. The molecule has 21 heavy (non-hydrogen) atoms. The summed E-state index contributed by atoms with van der Waals surface area (Å²) in [5.74, 6) is -0.982. The molecule has 0 saturated carbocycles. The maximum Gasteiger partial charge on any atom is 0.238 e. The summed E-state index contributed by atoms with van der Waals surface area (Å²) in [6.07, 6.45) is 0.617. The first-order chi connectivity index (χ1) is 10.0. The Morgan fingerprint density at radius 1 is 1.48 bits per heavy atom. The Morgan fingerprint density at radius 3 is 2.76 bits per heavy atom. The van der Waals surface area contributed by atoms with E-state index in [0.29, 0.717) is 37.3 Å². The third-order valence-corrected chi connectivity index (χ3v) is 3.89. The van der Waals surface area contributed by atoms with Crippen LogP contribution in [-0.2, 0) is 9.53 Å². The number of oxime groups is 1. The number of benzene rings is 1. The van der Waals surface area contributed by atoms with Gasteiger partial charge in [-0.2, -0.15) is 0 Å². The Labute approximate surface area is 121 Å². The van der Waals surface area contributed by atoms with Crippen molar-refractivity contribution in [2.45, 2.75) is 19.8 Å². The largest absolute Gasteiger partial charge is 0.409 e. The van der Waals surface area contributed by atoms with Crippen molar-refractivity contribution in [2.24, 2.45) is 16.3 Å². The Hall–Kier alpha value is -2.15. The van der Waals surface area contributed by atoms with Crippen molar-refractivity contribution < 1.29 is 19.1 Å². The van der Waals surface area contributed by atoms with Gasteiger partial charge in [0, 0.05) is 24.5 Å². The fourth-order valence-corrected chi connectivity index (χ4v) is 2.40. The molecule has 1 aliphatic rings. The number of carbonyl (C=O) groups excluding carboxylic acids is 1. The van der Waals surface area contributed by atoms with Gasteiger partial charge in [0.05, 0.1) is 0 Å². The van der Waals surface area contributed by atoms with Crippen LogP contribution in [-0.4, -0.2) is 30.2 Å². The summed E-state index contributed by atoms with van der Waals surface area (Å²) in [7, 11) is 0. The van der Waals surface area contributed by atoms with Crippen LogP contribution < -0.4 is 11.1 Å². The molecule has 0 aliphatic carbocycles. The zero-order chi connectivity index (χ0) is 15.5. The van der Waals surface area contributed by atoms with E-state index >= 15 is 0 Å². The first-order valence-electron chi connectivity index (χ1n) is 6.63. The number of nitrogens with two attached hydrogens (primary N) is 1. The van der Waals surface area contributed by atoms with E-state index in [9.17, 15) is 9.18 Å². The molecule has 1 aliphatic heterocycles. The summed E-state index contributed by atoms with van der Waals surface area (Å²) in [6, 6.07) is 4.44. The monoisotopic (exact) mass is 295 g/mol. The van der Waals surface area contributed by atoms with E-state index in [1.165, 1.54) is 12.1 Å². The van der Waals surface area contributed by atoms with Crippen LogP contribution in [0.15, 0.2) is 23.4 Å². The van der Waals surface area contributed by atoms with Crippen LogP contribution >= 0.6 is 0 Å². The lowest BCUT2D eigenvalue weighted by Gasteiger charge is -2.34. The van der Waals surface area contributed by atoms with Crippen molar-refractivity contribution in [2.75, 3.05) is 18.5 Å². The van der Waals surface area contributed by atoms with Gasteiger partial charge >= 0.3 is 0 Å². The van der Waals surface area contributed by atoms with Crippen molar-refractivity contribution in [3.05, 3.63) is 29.6 Å². The number of rotatable bonds is 3. The minimum absolute atomic E-state index is 0.155. The molecule has 1 fully saturated rings. The van der Waals surface area contributed by atoms with E-state index in [1.54, 1.807) is 13.0 Å². The van der Waals surface area contributed by atoms with Gasteiger partial charge in [-0.3, -0.25) is 4.79 Å². The molecule has 6 nitrogen and oxygen atoms in total. The second-order valence-corrected chi connectivity index (χ2v) is 5.05. The molecule has 4 N–H and O–H groups in total. The number of nitrogens with one attached hydrogen (secondary N) is 1. The fourth-order valence-electron chi connectivity index (χ4n) is 2.40. The van der Waals surface area contributed by atoms with Crippen LogP contribution in [0.2, 0.25) is 0 Å². The quantitative estimate of drug-likeness (QED) is 0.341. The number of amidine groups is 1. The molecule has 0 radical (unpaired) electrons. The molecule has 1 heterocycles. The van der Waals surface area contributed by atoms with Gasteiger partial charge in [-0.15, -0.1) is 0 Å². The molecular formula is C14H18FN3O3. The zero-order valence-electron chi connectivity index (χ0n) is 11.7. The molecule has 114 valence electrons. The first-order valence-corrected chi connectivity index (χ1v) is 6.63. The van der Waals surface area contributed by atoms with Crippen LogP contribution in [0.1, 0.15) is 18.4 Å². The third-order valence-electron chi connectivity index (χ3n) is 3.89. The maximum atomic E-state index is 13.5. The van der Waals surface area contributed by atoms with Crippen LogP contribution in [0, 0.1) is 18.2 Å². The highest BCUT2D eigenvalue weighted by atomic mass is 19.1. The molecule has 0 unspecified atom stereocenters. The number of halogens is 1. The average molecular weight is 295 g/mol. The van der Waals surface area contributed by atoms with Gasteiger partial charge in [-0.05, 0) is 31.9 Å². The van der Waals surface area contributed by atoms with Gasteiger partial charge in [-0.1, -0.05) is 11.2 Å². The second-order valence-electron chi connectivity index (χ2n) is 5.05. The predicted octanol–water partition coefficient (Wildman–Crippen LogP) is 1.62. The number of anilines is 1. The van der Waals surface area contributed by atoms with Gasteiger partial charge in [0.1, 0.15) is 11.2 Å². The lowest BCUT2D eigenvalue weighted by molar-refractivity contribution is -0.126. The van der Waals surface area contributed by atoms with Crippen molar-refractivity contribution >= 4 is 17.4 Å². The van der Waals surface area contributed by atoms with Crippen LogP contribution in [0.25, 0.3) is 0 Å². The number of hydrogen-bond acceptors (Lipinski definition) is 4. The minimum Gasteiger partial charge on any atom is -0.409 e. The lowest BCUT2D eigenvalue weighted by atomic mass is 9.78. The summed E-state index contributed by atoms with van der Waals surface area (Å²) in [6.45, 7) is 2.25. The summed E-state index contributed by atoms with van der Waals surface area (Å²) in [5.41, 5.74) is 5.29. The van der Waals surface area contributed by atoms with Gasteiger partial charge in [0.15, 0.2) is 5.84 Å². The molecule has 0 bridgehead atoms. The van der Waals surface area contributed by atoms with Crippen LogP contribution in [0.4, 0.5) is 10.1 Å². The van der Waals surface area contributed by atoms with Crippen molar-refractivity contribution in [3.63, 3.8) is 0 Å². The molecule has 2 rings (SSSR count). The van der Waals surface area contributed by atoms with Crippen molar-refractivity contribution in [1.29, 1.82) is 0 Å². The fraction of sp³-hybridized carbons (Fsp3) is 0.429. The molecule has 1 aromatic carbocycles. The van der Waals surface area contributed by atoms with Crippen molar-refractivity contribution in [3.8, 4) is 0 Å². The van der Waals surface area contributed by atoms with E-state index in [2.05, 4.69) is 10.5 Å². The summed E-state index contributed by atoms with van der Waals surface area (Å²) >= 11 is 0. The Morgan fingerprint density at radius 2 is 2.14 bits per heavy atom. The smallest absolute Gasteiger partial charge is 0.238 e. The normalized spacial score (nSPS) is 18.3. The number of hydrogen-bond donors (Lipinski definition) is 3. The Kier molecular flexibility index (Phi) is 4.42. The second kappa shape index (κ2) is 6.09. The zero-order valence-corrected chi connectivity index (χ0v) is 11.7. The van der Waals surface area contributed by atoms with Crippen LogP contribution in [0.5, 0.6) is 0 Å². The topological polar surface area (TPSA) is 96.9 Å². The van der Waals surface area contributed by atoms with E-state index in [-0.39, 0.29) is 5.84 Å². The van der Waals surface area contributed by atoms with E-state index < -0.39 is 17.1 Å². The molecule has 0 spiro atoms. The van der Waals surface area contributed by atoms with E-state index in [4.69, 9.17) is 15.7 Å². The first kappa shape index (κ1) is 15.2. The SMILES string of the molecule is Cc1c(F)cccc1NC(=O)C1(C(N)=NO)CCOCC1. The molecule has 1 saturated heterocycles. The minimum atomic E-state index is -1.13. The van der Waals surface area contributed by atoms with E-state index in [1.807, 2.05) is 0 Å². The molecule has 7 heteroatoms. The summed E-state index contributed by atoms with van der Waals surface area (Å²) in [4.78, 5) is 12.6. The van der Waals surface area contributed by atoms with Gasteiger partial charge in [0.25, 0.3) is 0 Å². The lowest BCUT2D eigenvalue weighted by Crippen LogP contribution is -2.50. The maximum absolute atomic E-state index is 13.5. The van der Waals surface area contributed by atoms with Crippen LogP contribution in [0.3, 0.4) is 0 Å². The number of carbonyl (C=O) groups is 1. The van der Waals surface area contributed by atoms with Gasteiger partial charge < -0.3 is 21.0 Å². The number of ether oxygens (including phenoxy) is 1. The summed E-state index contributed by atoms with van der Waals surface area (Å²) in [5, 5.41) is 14.6. The average Bonchev–Trinajstić information content (AvgIpc) is 2.51. The molecular weight excluding hydrogens is 277 g/mol. The van der Waals surface area contributed by atoms with Crippen molar-refractivity contribution in [1.82, 2.24) is 0 Å². The highest BCUT2D eigenvalue weighted by molar-refractivity contribution is 6.12. The summed E-state index contributed by atoms with van der Waals surface area (Å²) < 4.78 is 18.8. The molecule has 0 aromatic heterocycles. The number of amides is 1. The van der Waals surface area contributed by atoms with Gasteiger partial charge in [0.2, 0.25) is 5.91 Å². The molecule has 1 aromatic rings. The standard InChI is InChI=1S/C14H18FN3O3/c1-9-10(15)3-2-4-11(9)17-13(19)14(12(16)18-20)5-7-21-8-6-14/h2-4,20H,5-8H2,1H3,(H2,16,18)(H,17,19). The number of nitrogens with zero attached hydrogens (tertiary/aromatic N) is 1.